The molecule has 2 N–H and O–H groups in total. The Labute approximate surface area is 154 Å². The lowest BCUT2D eigenvalue weighted by molar-refractivity contribution is -0.120. The van der Waals surface area contributed by atoms with Crippen molar-refractivity contribution in [3.8, 4) is 10.6 Å². The van der Waals surface area contributed by atoms with Crippen molar-refractivity contribution < 1.29 is 4.79 Å². The molecule has 26 heavy (non-hydrogen) atoms. The Hall–Kier alpha value is -2.87. The number of hydrogen-bond acceptors (Lipinski definition) is 6. The number of amides is 1. The minimum Gasteiger partial charge on any atom is -0.355 e. The van der Waals surface area contributed by atoms with E-state index in [1.54, 1.807) is 37.6 Å². The van der Waals surface area contributed by atoms with Crippen LogP contribution in [0.2, 0.25) is 0 Å². The van der Waals surface area contributed by atoms with Crippen molar-refractivity contribution in [1.82, 2.24) is 25.3 Å². The number of rotatable bonds is 6. The summed E-state index contributed by atoms with van der Waals surface area (Å²) in [5.41, 5.74) is 2.69. The van der Waals surface area contributed by atoms with Crippen molar-refractivity contribution in [2.24, 2.45) is 0 Å². The predicted molar refractivity (Wildman–Crippen MR) is 100 cm³/mol. The van der Waals surface area contributed by atoms with E-state index in [4.69, 9.17) is 0 Å². The second-order valence-electron chi connectivity index (χ2n) is 5.87. The first-order chi connectivity index (χ1) is 12.5. The van der Waals surface area contributed by atoms with Crippen molar-refractivity contribution >= 4 is 17.2 Å². The van der Waals surface area contributed by atoms with Crippen LogP contribution in [0.15, 0.2) is 34.7 Å². The Kier molecular flexibility index (Phi) is 5.52. The molecule has 0 saturated carbocycles. The quantitative estimate of drug-likeness (QED) is 0.690. The van der Waals surface area contributed by atoms with Crippen LogP contribution in [0.3, 0.4) is 0 Å². The number of nitrogens with one attached hydrogen (secondary N) is 2. The molecular weight excluding hydrogens is 350 g/mol. The summed E-state index contributed by atoms with van der Waals surface area (Å²) in [6.45, 7) is 3.92. The van der Waals surface area contributed by atoms with Gasteiger partial charge in [0.2, 0.25) is 5.91 Å². The molecule has 0 aromatic carbocycles. The zero-order valence-electron chi connectivity index (χ0n) is 14.6. The lowest BCUT2D eigenvalue weighted by atomic mass is 10.1. The smallest absolute Gasteiger partial charge is 0.254 e. The number of hydrogen-bond donors (Lipinski definition) is 2. The van der Waals surface area contributed by atoms with Crippen LogP contribution in [0.4, 0.5) is 0 Å². The largest absolute Gasteiger partial charge is 0.355 e. The van der Waals surface area contributed by atoms with Crippen LogP contribution in [-0.2, 0) is 17.6 Å². The summed E-state index contributed by atoms with van der Waals surface area (Å²) in [4.78, 5) is 39.4. The second kappa shape index (κ2) is 8.01. The van der Waals surface area contributed by atoms with E-state index in [-0.39, 0.29) is 17.9 Å². The molecule has 3 heterocycles. The maximum atomic E-state index is 12.1. The Morgan fingerprint density at radius 1 is 1.23 bits per heavy atom. The molecule has 0 bridgehead atoms. The van der Waals surface area contributed by atoms with Gasteiger partial charge in [-0.05, 0) is 26.0 Å². The van der Waals surface area contributed by atoms with Gasteiger partial charge in [0.15, 0.2) is 0 Å². The fraction of sp³-hybridized carbons (Fsp3) is 0.278. The summed E-state index contributed by atoms with van der Waals surface area (Å²) < 4.78 is 0. The van der Waals surface area contributed by atoms with Crippen LogP contribution < -0.4 is 10.9 Å². The van der Waals surface area contributed by atoms with Gasteiger partial charge in [0.25, 0.3) is 5.56 Å². The highest BCUT2D eigenvalue weighted by molar-refractivity contribution is 7.13. The average molecular weight is 369 g/mol. The Balaban J connectivity index is 1.53. The van der Waals surface area contributed by atoms with Crippen molar-refractivity contribution in [3.05, 3.63) is 63.0 Å². The zero-order valence-corrected chi connectivity index (χ0v) is 15.4. The van der Waals surface area contributed by atoms with E-state index in [9.17, 15) is 9.59 Å². The monoisotopic (exact) mass is 369 g/mol. The molecule has 0 spiro atoms. The molecule has 3 rings (SSSR count). The van der Waals surface area contributed by atoms with E-state index >= 15 is 0 Å². The molecule has 1 amide bonds. The summed E-state index contributed by atoms with van der Waals surface area (Å²) in [5, 5.41) is 5.75. The maximum Gasteiger partial charge on any atom is 0.254 e. The first-order valence-corrected chi connectivity index (χ1v) is 9.09. The normalized spacial score (nSPS) is 10.7. The highest BCUT2D eigenvalue weighted by Gasteiger charge is 2.12. The van der Waals surface area contributed by atoms with E-state index in [2.05, 4.69) is 25.3 Å². The highest BCUT2D eigenvalue weighted by Crippen LogP contribution is 2.22. The zero-order chi connectivity index (χ0) is 18.5. The van der Waals surface area contributed by atoms with Gasteiger partial charge in [-0.1, -0.05) is 0 Å². The molecule has 7 nitrogen and oxygen atoms in total. The first-order valence-electron chi connectivity index (χ1n) is 8.21. The number of aromatic amines is 1. The third-order valence-electron chi connectivity index (χ3n) is 3.86. The van der Waals surface area contributed by atoms with Gasteiger partial charge in [-0.2, -0.15) is 0 Å². The third kappa shape index (κ3) is 4.40. The van der Waals surface area contributed by atoms with Crippen molar-refractivity contribution in [2.45, 2.75) is 26.7 Å². The van der Waals surface area contributed by atoms with Crippen LogP contribution in [0.5, 0.6) is 0 Å². The Morgan fingerprint density at radius 2 is 2.00 bits per heavy atom. The fourth-order valence-electron chi connectivity index (χ4n) is 2.56. The molecule has 3 aromatic rings. The minimum absolute atomic E-state index is 0.0216. The lowest BCUT2D eigenvalue weighted by Crippen LogP contribution is -2.30. The molecule has 0 radical (unpaired) electrons. The van der Waals surface area contributed by atoms with Gasteiger partial charge in [-0.15, -0.1) is 11.3 Å². The summed E-state index contributed by atoms with van der Waals surface area (Å²) in [5.74, 6) is 0.346. The average Bonchev–Trinajstić information content (AvgIpc) is 3.08. The van der Waals surface area contributed by atoms with E-state index in [1.807, 2.05) is 17.5 Å². The number of carbonyl (C=O) groups is 1. The molecule has 0 atom stereocenters. The number of H-pyrrole nitrogens is 1. The molecule has 0 saturated heterocycles. The summed E-state index contributed by atoms with van der Waals surface area (Å²) in [6, 6.07) is 3.83. The number of aryl methyl sites for hydroxylation is 2. The highest BCUT2D eigenvalue weighted by atomic mass is 32.1. The SMILES string of the molecule is Cc1nc(C)c(CC(=O)NCCc2csc(-c3ccncc3)n2)c(=O)[nH]1. The van der Waals surface area contributed by atoms with Gasteiger partial charge in [0.1, 0.15) is 10.8 Å². The summed E-state index contributed by atoms with van der Waals surface area (Å²) in [6.07, 6.45) is 4.13. The van der Waals surface area contributed by atoms with Crippen LogP contribution in [0, 0.1) is 13.8 Å². The van der Waals surface area contributed by atoms with Gasteiger partial charge < -0.3 is 10.3 Å². The van der Waals surface area contributed by atoms with Gasteiger partial charge in [0.05, 0.1) is 12.1 Å². The summed E-state index contributed by atoms with van der Waals surface area (Å²) in [7, 11) is 0. The van der Waals surface area contributed by atoms with Crippen molar-refractivity contribution in [1.29, 1.82) is 0 Å². The van der Waals surface area contributed by atoms with Crippen LogP contribution in [0.1, 0.15) is 22.8 Å². The Morgan fingerprint density at radius 3 is 2.73 bits per heavy atom. The molecule has 0 aliphatic heterocycles. The first kappa shape index (κ1) is 17.9. The topological polar surface area (TPSA) is 101 Å². The van der Waals surface area contributed by atoms with E-state index < -0.39 is 0 Å². The lowest BCUT2D eigenvalue weighted by Gasteiger charge is -2.06. The number of thiazole rings is 1. The van der Waals surface area contributed by atoms with Gasteiger partial charge in [-0.25, -0.2) is 9.97 Å². The van der Waals surface area contributed by atoms with Crippen LogP contribution in [0.25, 0.3) is 10.6 Å². The molecule has 0 unspecified atom stereocenters. The molecule has 3 aromatic heterocycles. The molecule has 0 aliphatic carbocycles. The molecule has 8 heteroatoms. The van der Waals surface area contributed by atoms with Gasteiger partial charge >= 0.3 is 0 Å². The summed E-state index contributed by atoms with van der Waals surface area (Å²) >= 11 is 1.56. The number of carbonyl (C=O) groups excluding carboxylic acids is 1. The van der Waals surface area contributed by atoms with Crippen molar-refractivity contribution in [2.75, 3.05) is 6.54 Å². The fourth-order valence-corrected chi connectivity index (χ4v) is 3.42. The molecule has 0 aliphatic rings. The van der Waals surface area contributed by atoms with Gasteiger partial charge in [-0.3, -0.25) is 14.6 Å². The standard InChI is InChI=1S/C18H19N5O2S/c1-11-15(17(25)22-12(2)21-11)9-16(24)20-8-5-14-10-26-18(23-14)13-3-6-19-7-4-13/h3-4,6-7,10H,5,8-9H2,1-2H3,(H,20,24)(H,21,22,25). The third-order valence-corrected chi connectivity index (χ3v) is 4.80. The maximum absolute atomic E-state index is 12.1. The minimum atomic E-state index is -0.258. The Bertz CT molecular complexity index is 965. The van der Waals surface area contributed by atoms with E-state index in [0.717, 1.165) is 16.3 Å². The number of pyridine rings is 1. The predicted octanol–water partition coefficient (Wildman–Crippen LogP) is 1.81. The molecular formula is C18H19N5O2S. The number of aromatic nitrogens is 4. The van der Waals surface area contributed by atoms with E-state index in [0.29, 0.717) is 30.0 Å². The van der Waals surface area contributed by atoms with Gasteiger partial charge in [0, 0.05) is 47.6 Å². The number of nitrogens with zero attached hydrogens (tertiary/aromatic N) is 3. The van der Waals surface area contributed by atoms with Crippen LogP contribution >= 0.6 is 11.3 Å². The van der Waals surface area contributed by atoms with E-state index in [1.165, 1.54) is 0 Å². The van der Waals surface area contributed by atoms with Crippen molar-refractivity contribution in [3.63, 3.8) is 0 Å². The molecule has 134 valence electrons. The molecule has 0 fully saturated rings. The second-order valence-corrected chi connectivity index (χ2v) is 6.73. The van der Waals surface area contributed by atoms with Crippen LogP contribution in [-0.4, -0.2) is 32.4 Å².